The lowest BCUT2D eigenvalue weighted by Crippen LogP contribution is -2.35. The van der Waals surface area contributed by atoms with Gasteiger partial charge >= 0.3 is 0 Å². The van der Waals surface area contributed by atoms with E-state index in [1.54, 1.807) is 6.08 Å². The van der Waals surface area contributed by atoms with Crippen molar-refractivity contribution in [1.82, 2.24) is 5.32 Å². The van der Waals surface area contributed by atoms with Crippen molar-refractivity contribution >= 4 is 12.4 Å². The summed E-state index contributed by atoms with van der Waals surface area (Å²) in [5.74, 6) is 1.49. The maximum atomic E-state index is 9.71. The molecule has 0 heterocycles. The van der Waals surface area contributed by atoms with Crippen molar-refractivity contribution in [1.29, 1.82) is 0 Å². The summed E-state index contributed by atoms with van der Waals surface area (Å²) in [6.45, 7) is 8.95. The zero-order chi connectivity index (χ0) is 14.1. The van der Waals surface area contributed by atoms with Crippen LogP contribution < -0.4 is 14.8 Å². The van der Waals surface area contributed by atoms with E-state index >= 15 is 0 Å². The van der Waals surface area contributed by atoms with Crippen LogP contribution in [0.4, 0.5) is 0 Å². The van der Waals surface area contributed by atoms with E-state index in [0.717, 1.165) is 11.5 Å². The van der Waals surface area contributed by atoms with Crippen molar-refractivity contribution in [2.75, 3.05) is 19.8 Å². The van der Waals surface area contributed by atoms with Crippen LogP contribution in [0.15, 0.2) is 36.9 Å². The highest BCUT2D eigenvalue weighted by molar-refractivity contribution is 5.85. The molecule has 1 rings (SSSR count). The molecule has 0 spiro atoms. The number of nitrogens with one attached hydrogen (secondary N) is 1. The van der Waals surface area contributed by atoms with Gasteiger partial charge < -0.3 is 19.9 Å². The number of rotatable bonds is 9. The van der Waals surface area contributed by atoms with Crippen LogP contribution in [0.1, 0.15) is 13.8 Å². The molecule has 0 aromatic heterocycles. The molecule has 0 saturated carbocycles. The fraction of sp³-hybridized carbons (Fsp3) is 0.467. The number of aliphatic hydroxyl groups is 1. The Morgan fingerprint density at radius 2 is 1.75 bits per heavy atom. The fourth-order valence-electron chi connectivity index (χ4n) is 1.41. The molecule has 114 valence electrons. The lowest BCUT2D eigenvalue weighted by molar-refractivity contribution is 0.104. The molecule has 0 bridgehead atoms. The Labute approximate surface area is 127 Å². The third kappa shape index (κ3) is 8.04. The maximum Gasteiger partial charge on any atom is 0.120 e. The summed E-state index contributed by atoms with van der Waals surface area (Å²) >= 11 is 0. The minimum Gasteiger partial charge on any atom is -0.491 e. The number of ether oxygens (including phenoxy) is 2. The first kappa shape index (κ1) is 18.8. The van der Waals surface area contributed by atoms with Gasteiger partial charge in [-0.05, 0) is 24.3 Å². The first-order chi connectivity index (χ1) is 9.11. The quantitative estimate of drug-likeness (QED) is 0.688. The van der Waals surface area contributed by atoms with Crippen LogP contribution in [0.5, 0.6) is 11.5 Å². The van der Waals surface area contributed by atoms with Gasteiger partial charge in [-0.15, -0.1) is 12.4 Å². The highest BCUT2D eigenvalue weighted by Crippen LogP contribution is 2.17. The first-order valence-electron chi connectivity index (χ1n) is 6.50. The fourth-order valence-corrected chi connectivity index (χ4v) is 1.41. The van der Waals surface area contributed by atoms with E-state index in [1.807, 2.05) is 38.1 Å². The average molecular weight is 302 g/mol. The van der Waals surface area contributed by atoms with Gasteiger partial charge in [-0.3, -0.25) is 0 Å². The van der Waals surface area contributed by atoms with Crippen LogP contribution in [0.25, 0.3) is 0 Å². The van der Waals surface area contributed by atoms with Gasteiger partial charge in [0.05, 0.1) is 0 Å². The summed E-state index contributed by atoms with van der Waals surface area (Å²) in [5.41, 5.74) is 0. The Morgan fingerprint density at radius 1 is 1.20 bits per heavy atom. The lowest BCUT2D eigenvalue weighted by Gasteiger charge is -2.15. The second-order valence-corrected chi connectivity index (χ2v) is 4.60. The first-order valence-corrected chi connectivity index (χ1v) is 6.50. The molecule has 0 fully saturated rings. The molecular formula is C15H24ClNO3. The summed E-state index contributed by atoms with van der Waals surface area (Å²) < 4.78 is 10.9. The van der Waals surface area contributed by atoms with Crippen LogP contribution in [0.2, 0.25) is 0 Å². The summed E-state index contributed by atoms with van der Waals surface area (Å²) in [5, 5.41) is 12.9. The predicted molar refractivity (Wildman–Crippen MR) is 84.0 cm³/mol. The van der Waals surface area contributed by atoms with Gasteiger partial charge in [0.2, 0.25) is 0 Å². The second kappa shape index (κ2) is 10.5. The van der Waals surface area contributed by atoms with Crippen LogP contribution in [0.3, 0.4) is 0 Å². The van der Waals surface area contributed by atoms with E-state index in [-0.39, 0.29) is 19.0 Å². The van der Waals surface area contributed by atoms with Crippen molar-refractivity contribution in [3.63, 3.8) is 0 Å². The van der Waals surface area contributed by atoms with Crippen molar-refractivity contribution in [2.24, 2.45) is 0 Å². The van der Waals surface area contributed by atoms with Crippen LogP contribution in [0, 0.1) is 0 Å². The molecule has 1 atom stereocenters. The molecule has 0 aliphatic rings. The molecule has 0 amide bonds. The van der Waals surface area contributed by atoms with Gasteiger partial charge in [-0.2, -0.15) is 0 Å². The number of hydrogen-bond donors (Lipinski definition) is 2. The van der Waals surface area contributed by atoms with Crippen molar-refractivity contribution in [3.8, 4) is 11.5 Å². The zero-order valence-corrected chi connectivity index (χ0v) is 12.9. The Hall–Kier alpha value is -1.23. The molecule has 0 aliphatic carbocycles. The molecule has 1 unspecified atom stereocenters. The standard InChI is InChI=1S/C15H23NO3.ClH/c1-4-9-18-14-5-7-15(8-6-14)19-11-13(17)10-16-12(2)3;/h4-8,12-13,16-17H,1,9-11H2,2-3H3;1H. The van der Waals surface area contributed by atoms with E-state index in [1.165, 1.54) is 0 Å². The number of benzene rings is 1. The molecular weight excluding hydrogens is 278 g/mol. The number of halogens is 1. The second-order valence-electron chi connectivity index (χ2n) is 4.60. The molecule has 20 heavy (non-hydrogen) atoms. The summed E-state index contributed by atoms with van der Waals surface area (Å²) in [7, 11) is 0. The zero-order valence-electron chi connectivity index (χ0n) is 12.0. The monoisotopic (exact) mass is 301 g/mol. The normalized spacial score (nSPS) is 11.6. The predicted octanol–water partition coefficient (Wildman–Crippen LogP) is 2.41. The lowest BCUT2D eigenvalue weighted by atomic mass is 10.3. The van der Waals surface area contributed by atoms with Crippen molar-refractivity contribution in [2.45, 2.75) is 26.0 Å². The Bertz CT molecular complexity index is 368. The third-order valence-corrected chi connectivity index (χ3v) is 2.40. The summed E-state index contributed by atoms with van der Waals surface area (Å²) in [6, 6.07) is 7.66. The van der Waals surface area contributed by atoms with E-state index in [4.69, 9.17) is 9.47 Å². The topological polar surface area (TPSA) is 50.7 Å². The highest BCUT2D eigenvalue weighted by Gasteiger charge is 2.06. The largest absolute Gasteiger partial charge is 0.491 e. The van der Waals surface area contributed by atoms with Crippen molar-refractivity contribution < 1.29 is 14.6 Å². The highest BCUT2D eigenvalue weighted by atomic mass is 35.5. The third-order valence-electron chi connectivity index (χ3n) is 2.40. The van der Waals surface area contributed by atoms with Crippen LogP contribution >= 0.6 is 12.4 Å². The van der Waals surface area contributed by atoms with E-state index in [0.29, 0.717) is 19.2 Å². The molecule has 0 radical (unpaired) electrons. The van der Waals surface area contributed by atoms with Gasteiger partial charge in [0.1, 0.15) is 30.8 Å². The van der Waals surface area contributed by atoms with Gasteiger partial charge in [-0.1, -0.05) is 26.5 Å². The molecule has 0 saturated heterocycles. The smallest absolute Gasteiger partial charge is 0.120 e. The van der Waals surface area contributed by atoms with E-state index < -0.39 is 6.10 Å². The molecule has 4 nitrogen and oxygen atoms in total. The van der Waals surface area contributed by atoms with E-state index in [9.17, 15) is 5.11 Å². The van der Waals surface area contributed by atoms with E-state index in [2.05, 4.69) is 11.9 Å². The SMILES string of the molecule is C=CCOc1ccc(OCC(O)CNC(C)C)cc1.Cl. The Kier molecular flexibility index (Phi) is 9.90. The van der Waals surface area contributed by atoms with Crippen LogP contribution in [-0.4, -0.2) is 37.0 Å². The molecule has 0 aliphatic heterocycles. The van der Waals surface area contributed by atoms with Gasteiger partial charge in [0.25, 0.3) is 0 Å². The molecule has 1 aromatic carbocycles. The number of aliphatic hydroxyl groups excluding tert-OH is 1. The minimum absolute atomic E-state index is 0. The molecule has 1 aromatic rings. The average Bonchev–Trinajstić information content (AvgIpc) is 2.41. The Balaban J connectivity index is 0.00000361. The van der Waals surface area contributed by atoms with Gasteiger partial charge in [0.15, 0.2) is 0 Å². The number of hydrogen-bond acceptors (Lipinski definition) is 4. The van der Waals surface area contributed by atoms with Gasteiger partial charge in [0, 0.05) is 12.6 Å². The minimum atomic E-state index is -0.515. The van der Waals surface area contributed by atoms with Gasteiger partial charge in [-0.25, -0.2) is 0 Å². The molecule has 5 heteroatoms. The van der Waals surface area contributed by atoms with Crippen LogP contribution in [-0.2, 0) is 0 Å². The Morgan fingerprint density at radius 3 is 2.25 bits per heavy atom. The maximum absolute atomic E-state index is 9.71. The van der Waals surface area contributed by atoms with Crippen molar-refractivity contribution in [3.05, 3.63) is 36.9 Å². The summed E-state index contributed by atoms with van der Waals surface area (Å²) in [6.07, 6.45) is 1.18. The molecule has 2 N–H and O–H groups in total. The summed E-state index contributed by atoms with van der Waals surface area (Å²) in [4.78, 5) is 0.